The molecule has 0 radical (unpaired) electrons. The van der Waals surface area contributed by atoms with Gasteiger partial charge in [0.2, 0.25) is 0 Å². The smallest absolute Gasteiger partial charge is 0.282 e. The molecule has 2 aromatic rings. The quantitative estimate of drug-likeness (QED) is 0.685. The second kappa shape index (κ2) is 6.70. The molecule has 0 aliphatic heterocycles. The van der Waals surface area contributed by atoms with Crippen molar-refractivity contribution >= 4 is 17.3 Å². The van der Waals surface area contributed by atoms with E-state index in [1.54, 1.807) is 13.2 Å². The first-order valence-electron chi connectivity index (χ1n) is 7.84. The number of nitrogens with zero attached hydrogens (tertiary/aromatic N) is 1. The molecule has 3 rings (SSSR count). The van der Waals surface area contributed by atoms with Gasteiger partial charge in [0.1, 0.15) is 11.3 Å². The molecule has 1 aliphatic carbocycles. The number of nitro benzene ring substituents is 1. The largest absolute Gasteiger partial charge is 0.495 e. The van der Waals surface area contributed by atoms with Crippen LogP contribution in [0.2, 0.25) is 0 Å². The van der Waals surface area contributed by atoms with Crippen LogP contribution in [-0.4, -0.2) is 17.9 Å². The molecule has 1 amide bonds. The lowest BCUT2D eigenvalue weighted by Crippen LogP contribution is -2.15. The number of fused-ring (bicyclic) bond motifs is 1. The molecule has 2 aromatic carbocycles. The van der Waals surface area contributed by atoms with E-state index in [1.165, 1.54) is 29.3 Å². The lowest BCUT2D eigenvalue weighted by Gasteiger charge is -2.19. The number of amides is 1. The second-order valence-corrected chi connectivity index (χ2v) is 5.76. The van der Waals surface area contributed by atoms with Crippen molar-refractivity contribution in [3.05, 3.63) is 63.2 Å². The minimum Gasteiger partial charge on any atom is -0.495 e. The summed E-state index contributed by atoms with van der Waals surface area (Å²) < 4.78 is 5.38. The van der Waals surface area contributed by atoms with Crippen LogP contribution < -0.4 is 10.1 Å². The molecule has 1 aliphatic rings. The van der Waals surface area contributed by atoms with Crippen molar-refractivity contribution < 1.29 is 14.5 Å². The van der Waals surface area contributed by atoms with Crippen molar-refractivity contribution in [2.45, 2.75) is 25.7 Å². The Bertz CT molecular complexity index is 802. The first-order chi connectivity index (χ1) is 11.6. The summed E-state index contributed by atoms with van der Waals surface area (Å²) in [7, 11) is 1.55. The van der Waals surface area contributed by atoms with Crippen LogP contribution in [0.4, 0.5) is 11.4 Å². The van der Waals surface area contributed by atoms with Gasteiger partial charge in [-0.15, -0.1) is 0 Å². The maximum Gasteiger partial charge on any atom is 0.282 e. The highest BCUT2D eigenvalue weighted by molar-refractivity contribution is 6.07. The van der Waals surface area contributed by atoms with Gasteiger partial charge in [-0.2, -0.15) is 0 Å². The van der Waals surface area contributed by atoms with Crippen molar-refractivity contribution in [1.29, 1.82) is 0 Å². The molecule has 0 atom stereocenters. The molecule has 0 bridgehead atoms. The summed E-state index contributed by atoms with van der Waals surface area (Å²) in [6.45, 7) is 0. The number of hydrogen-bond acceptors (Lipinski definition) is 4. The number of carbonyl (C=O) groups excluding carboxylic acids is 1. The van der Waals surface area contributed by atoms with Crippen LogP contribution in [0.15, 0.2) is 36.4 Å². The van der Waals surface area contributed by atoms with E-state index in [9.17, 15) is 14.9 Å². The highest BCUT2D eigenvalue weighted by Crippen LogP contribution is 2.33. The number of nitrogens with one attached hydrogen (secondary N) is 1. The Labute approximate surface area is 139 Å². The van der Waals surface area contributed by atoms with Gasteiger partial charge in [-0.05, 0) is 55.0 Å². The predicted octanol–water partition coefficient (Wildman–Crippen LogP) is 3.73. The van der Waals surface area contributed by atoms with Crippen LogP contribution in [-0.2, 0) is 12.8 Å². The van der Waals surface area contributed by atoms with Crippen LogP contribution in [0.3, 0.4) is 0 Å². The molecule has 6 nitrogen and oxygen atoms in total. The number of carbonyl (C=O) groups is 1. The number of anilines is 1. The van der Waals surface area contributed by atoms with Crippen LogP contribution >= 0.6 is 0 Å². The van der Waals surface area contributed by atoms with Gasteiger partial charge in [-0.1, -0.05) is 12.1 Å². The molecule has 0 aromatic heterocycles. The summed E-state index contributed by atoms with van der Waals surface area (Å²) >= 11 is 0. The molecular formula is C18H18N2O4. The minimum absolute atomic E-state index is 0.0299. The van der Waals surface area contributed by atoms with Crippen molar-refractivity contribution in [3.8, 4) is 5.75 Å². The second-order valence-electron chi connectivity index (χ2n) is 5.76. The van der Waals surface area contributed by atoms with Crippen molar-refractivity contribution in [3.63, 3.8) is 0 Å². The first-order valence-corrected chi connectivity index (χ1v) is 7.84. The summed E-state index contributed by atoms with van der Waals surface area (Å²) in [4.78, 5) is 23.0. The van der Waals surface area contributed by atoms with Crippen LogP contribution in [0, 0.1) is 10.1 Å². The summed E-state index contributed by atoms with van der Waals surface area (Å²) in [6, 6.07) is 9.77. The van der Waals surface area contributed by atoms with Gasteiger partial charge < -0.3 is 10.1 Å². The zero-order valence-electron chi connectivity index (χ0n) is 13.4. The lowest BCUT2D eigenvalue weighted by atomic mass is 9.91. The standard InChI is InChI=1S/C18H18N2O4/c1-24-17-11-13-7-3-2-6-12(13)10-15(17)19-18(21)14-8-4-5-9-16(14)20(22)23/h4-5,8-11H,2-3,6-7H2,1H3,(H,19,21). The van der Waals surface area contributed by atoms with E-state index in [4.69, 9.17) is 4.74 Å². The third-order valence-electron chi connectivity index (χ3n) is 4.26. The van der Waals surface area contributed by atoms with E-state index in [-0.39, 0.29) is 11.3 Å². The van der Waals surface area contributed by atoms with Crippen LogP contribution in [0.1, 0.15) is 34.3 Å². The topological polar surface area (TPSA) is 81.5 Å². The SMILES string of the molecule is COc1cc2c(cc1NC(=O)c1ccccc1[N+](=O)[O-])CCCC2. The molecule has 0 spiro atoms. The maximum absolute atomic E-state index is 12.5. The van der Waals surface area contributed by atoms with E-state index in [1.807, 2.05) is 12.1 Å². The highest BCUT2D eigenvalue weighted by Gasteiger charge is 2.21. The Morgan fingerprint density at radius 1 is 1.17 bits per heavy atom. The molecule has 24 heavy (non-hydrogen) atoms. The van der Waals surface area contributed by atoms with Crippen molar-refractivity contribution in [1.82, 2.24) is 0 Å². The first kappa shape index (κ1) is 16.0. The zero-order valence-corrected chi connectivity index (χ0v) is 13.4. The number of methoxy groups -OCH3 is 1. The number of rotatable bonds is 4. The Hall–Kier alpha value is -2.89. The monoisotopic (exact) mass is 326 g/mol. The Morgan fingerprint density at radius 3 is 2.50 bits per heavy atom. The van der Waals surface area contributed by atoms with Crippen LogP contribution in [0.5, 0.6) is 5.75 Å². The Balaban J connectivity index is 1.93. The fourth-order valence-corrected chi connectivity index (χ4v) is 3.04. The van der Waals surface area contributed by atoms with Gasteiger partial charge in [-0.25, -0.2) is 0 Å². The van der Waals surface area contributed by atoms with E-state index < -0.39 is 10.8 Å². The van der Waals surface area contributed by atoms with Gasteiger partial charge in [0.15, 0.2) is 0 Å². The molecule has 0 heterocycles. The van der Waals surface area contributed by atoms with Gasteiger partial charge in [-0.3, -0.25) is 14.9 Å². The van der Waals surface area contributed by atoms with Crippen LogP contribution in [0.25, 0.3) is 0 Å². The highest BCUT2D eigenvalue weighted by atomic mass is 16.6. The summed E-state index contributed by atoms with van der Waals surface area (Å²) in [5.74, 6) is 0.0546. The normalized spacial score (nSPS) is 13.0. The molecule has 6 heteroatoms. The maximum atomic E-state index is 12.5. The third-order valence-corrected chi connectivity index (χ3v) is 4.26. The van der Waals surface area contributed by atoms with Gasteiger partial charge in [0.05, 0.1) is 17.7 Å². The minimum atomic E-state index is -0.557. The number of nitro groups is 1. The van der Waals surface area contributed by atoms with E-state index in [0.29, 0.717) is 11.4 Å². The van der Waals surface area contributed by atoms with E-state index in [0.717, 1.165) is 25.7 Å². The molecule has 124 valence electrons. The Morgan fingerprint density at radius 2 is 1.83 bits per heavy atom. The lowest BCUT2D eigenvalue weighted by molar-refractivity contribution is -0.385. The third kappa shape index (κ3) is 3.08. The molecule has 0 unspecified atom stereocenters. The van der Waals surface area contributed by atoms with Gasteiger partial charge in [0, 0.05) is 6.07 Å². The Kier molecular flexibility index (Phi) is 4.46. The van der Waals surface area contributed by atoms with E-state index in [2.05, 4.69) is 5.32 Å². The van der Waals surface area contributed by atoms with Crippen molar-refractivity contribution in [2.24, 2.45) is 0 Å². The summed E-state index contributed by atoms with van der Waals surface area (Å²) in [6.07, 6.45) is 4.24. The number of benzene rings is 2. The summed E-state index contributed by atoms with van der Waals surface area (Å²) in [5.41, 5.74) is 2.79. The molecular weight excluding hydrogens is 308 g/mol. The average molecular weight is 326 g/mol. The molecule has 0 fully saturated rings. The number of aryl methyl sites for hydroxylation is 2. The molecule has 0 saturated heterocycles. The fraction of sp³-hybridized carbons (Fsp3) is 0.278. The predicted molar refractivity (Wildman–Crippen MR) is 90.7 cm³/mol. The summed E-state index contributed by atoms with van der Waals surface area (Å²) in [5, 5.41) is 13.8. The number of ether oxygens (including phenoxy) is 1. The van der Waals surface area contributed by atoms with Gasteiger partial charge >= 0.3 is 0 Å². The van der Waals surface area contributed by atoms with Gasteiger partial charge in [0.25, 0.3) is 11.6 Å². The molecule has 1 N–H and O–H groups in total. The zero-order chi connectivity index (χ0) is 17.1. The van der Waals surface area contributed by atoms with E-state index >= 15 is 0 Å². The average Bonchev–Trinajstić information content (AvgIpc) is 2.61. The van der Waals surface area contributed by atoms with Crippen molar-refractivity contribution in [2.75, 3.05) is 12.4 Å². The fourth-order valence-electron chi connectivity index (χ4n) is 3.04. The molecule has 0 saturated carbocycles. The number of para-hydroxylation sites is 1. The number of hydrogen-bond donors (Lipinski definition) is 1.